The van der Waals surface area contributed by atoms with Crippen LogP contribution < -0.4 is 16.5 Å². The number of rotatable bonds is 5. The fourth-order valence-corrected chi connectivity index (χ4v) is 0.978. The van der Waals surface area contributed by atoms with Gasteiger partial charge >= 0.3 is 11.9 Å². The molecule has 1 rings (SSSR count). The zero-order valence-corrected chi connectivity index (χ0v) is 13.1. The highest BCUT2D eigenvalue weighted by Gasteiger charge is 2.10. The summed E-state index contributed by atoms with van der Waals surface area (Å²) in [6.07, 6.45) is 0.179. The third-order valence-corrected chi connectivity index (χ3v) is 1.81. The molecule has 0 radical (unpaired) electrons. The number of aryl methyl sites for hydroxylation is 1. The molecule has 8 heteroatoms. The second-order valence-electron chi connectivity index (χ2n) is 3.28. The number of nitrogens with one attached hydrogen (secondary N) is 2. The number of amides is 1. The van der Waals surface area contributed by atoms with Gasteiger partial charge in [0.15, 0.2) is 18.1 Å². The summed E-state index contributed by atoms with van der Waals surface area (Å²) in [5.41, 5.74) is 0. The van der Waals surface area contributed by atoms with Crippen molar-refractivity contribution in [2.24, 2.45) is 0 Å². The van der Waals surface area contributed by atoms with E-state index in [1.165, 1.54) is 6.92 Å². The number of carbonyl (C=O) groups is 2. The fraction of sp³-hybridized carbons (Fsp3) is 0.615. The molecule has 0 spiro atoms. The summed E-state index contributed by atoms with van der Waals surface area (Å²) in [6.45, 7) is 7.99. The SMILES string of the molecule is CC.CC=O.CNCCNC(=O)OCc1oc(=O)oc1C. The molecule has 0 aliphatic heterocycles. The van der Waals surface area contributed by atoms with Crippen LogP contribution in [0.5, 0.6) is 0 Å². The Balaban J connectivity index is 0. The number of hydrogen-bond acceptors (Lipinski definition) is 7. The second-order valence-corrected chi connectivity index (χ2v) is 3.28. The summed E-state index contributed by atoms with van der Waals surface area (Å²) in [4.78, 5) is 30.6. The van der Waals surface area contributed by atoms with Gasteiger partial charge in [-0.15, -0.1) is 0 Å². The molecule has 1 amide bonds. The molecule has 1 heterocycles. The number of alkyl carbamates (subject to hydrolysis) is 1. The minimum Gasteiger partial charge on any atom is -0.441 e. The first-order chi connectivity index (χ1) is 10.0. The Morgan fingerprint density at radius 1 is 1.29 bits per heavy atom. The van der Waals surface area contributed by atoms with Crippen molar-refractivity contribution in [3.8, 4) is 0 Å². The van der Waals surface area contributed by atoms with E-state index < -0.39 is 11.9 Å². The van der Waals surface area contributed by atoms with Gasteiger partial charge in [0.1, 0.15) is 6.29 Å². The monoisotopic (exact) mass is 304 g/mol. The third kappa shape index (κ3) is 11.4. The Bertz CT molecular complexity index is 438. The van der Waals surface area contributed by atoms with Crippen LogP contribution in [0.1, 0.15) is 32.3 Å². The minimum atomic E-state index is -0.799. The Kier molecular flexibility index (Phi) is 14.5. The minimum absolute atomic E-state index is 0.122. The summed E-state index contributed by atoms with van der Waals surface area (Å²) >= 11 is 0. The molecule has 0 aromatic carbocycles. The number of likely N-dealkylation sites (N-methyl/N-ethyl adjacent to an activating group) is 1. The molecule has 0 aliphatic carbocycles. The standard InChI is InChI=1S/C9H14N2O5.C2H4O.C2H6/c1-6-7(16-9(13)15-6)5-14-8(12)11-4-3-10-2;1-2-3;1-2/h10H,3-5H2,1-2H3,(H,11,12);2H,1H3;1-2H3. The van der Waals surface area contributed by atoms with Gasteiger partial charge in [0.25, 0.3) is 0 Å². The van der Waals surface area contributed by atoms with Crippen molar-refractivity contribution in [2.75, 3.05) is 20.1 Å². The summed E-state index contributed by atoms with van der Waals surface area (Å²) < 4.78 is 14.1. The van der Waals surface area contributed by atoms with Crippen molar-refractivity contribution in [1.29, 1.82) is 0 Å². The number of ether oxygens (including phenoxy) is 1. The maximum absolute atomic E-state index is 11.1. The zero-order valence-electron chi connectivity index (χ0n) is 13.1. The van der Waals surface area contributed by atoms with Crippen molar-refractivity contribution in [2.45, 2.75) is 34.3 Å². The van der Waals surface area contributed by atoms with E-state index >= 15 is 0 Å². The average Bonchev–Trinajstić information content (AvgIpc) is 2.78. The van der Waals surface area contributed by atoms with E-state index in [4.69, 9.17) is 9.53 Å². The molecule has 8 nitrogen and oxygen atoms in total. The molecule has 122 valence electrons. The largest absolute Gasteiger partial charge is 0.519 e. The topological polar surface area (TPSA) is 111 Å². The van der Waals surface area contributed by atoms with Crippen LogP contribution in [0.4, 0.5) is 4.79 Å². The Morgan fingerprint density at radius 3 is 2.29 bits per heavy atom. The molecule has 0 saturated carbocycles. The number of hydrogen-bond donors (Lipinski definition) is 2. The predicted molar refractivity (Wildman–Crippen MR) is 77.2 cm³/mol. The summed E-state index contributed by atoms with van der Waals surface area (Å²) in [5, 5.41) is 5.37. The molecule has 0 unspecified atom stereocenters. The van der Waals surface area contributed by atoms with E-state index in [0.717, 1.165) is 6.29 Å². The molecular formula is C13H24N2O6. The predicted octanol–water partition coefficient (Wildman–Crippen LogP) is 1.22. The van der Waals surface area contributed by atoms with Crippen LogP contribution in [0.15, 0.2) is 13.6 Å². The highest BCUT2D eigenvalue weighted by atomic mass is 16.6. The maximum Gasteiger partial charge on any atom is 0.519 e. The van der Waals surface area contributed by atoms with Crippen molar-refractivity contribution in [3.63, 3.8) is 0 Å². The van der Waals surface area contributed by atoms with Crippen LogP contribution in [-0.2, 0) is 16.1 Å². The molecule has 0 bridgehead atoms. The highest BCUT2D eigenvalue weighted by molar-refractivity contribution is 5.67. The van der Waals surface area contributed by atoms with E-state index in [2.05, 4.69) is 19.5 Å². The van der Waals surface area contributed by atoms with E-state index in [1.807, 2.05) is 13.8 Å². The Morgan fingerprint density at radius 2 is 1.86 bits per heavy atom. The van der Waals surface area contributed by atoms with Crippen LogP contribution in [0.2, 0.25) is 0 Å². The smallest absolute Gasteiger partial charge is 0.441 e. The van der Waals surface area contributed by atoms with Gasteiger partial charge in [0.05, 0.1) is 0 Å². The molecule has 1 aromatic rings. The van der Waals surface area contributed by atoms with Gasteiger partial charge in [0, 0.05) is 13.1 Å². The van der Waals surface area contributed by atoms with Gasteiger partial charge in [-0.25, -0.2) is 9.59 Å². The van der Waals surface area contributed by atoms with Crippen LogP contribution in [0.25, 0.3) is 0 Å². The first kappa shape index (κ1) is 21.2. The Hall–Kier alpha value is -2.09. The second kappa shape index (κ2) is 14.3. The van der Waals surface area contributed by atoms with Gasteiger partial charge in [-0.05, 0) is 20.9 Å². The van der Waals surface area contributed by atoms with Crippen molar-refractivity contribution < 1.29 is 23.2 Å². The molecule has 0 saturated heterocycles. The maximum atomic E-state index is 11.1. The van der Waals surface area contributed by atoms with E-state index in [9.17, 15) is 9.59 Å². The molecule has 0 atom stereocenters. The van der Waals surface area contributed by atoms with Gasteiger partial charge in [0.2, 0.25) is 0 Å². The molecule has 1 aromatic heterocycles. The van der Waals surface area contributed by atoms with Crippen molar-refractivity contribution in [1.82, 2.24) is 10.6 Å². The normalized spacial score (nSPS) is 8.62. The van der Waals surface area contributed by atoms with E-state index in [-0.39, 0.29) is 12.4 Å². The lowest BCUT2D eigenvalue weighted by Crippen LogP contribution is -2.30. The first-order valence-corrected chi connectivity index (χ1v) is 6.59. The first-order valence-electron chi connectivity index (χ1n) is 6.59. The van der Waals surface area contributed by atoms with Crippen LogP contribution in [0, 0.1) is 6.92 Å². The highest BCUT2D eigenvalue weighted by Crippen LogP contribution is 2.05. The summed E-state index contributed by atoms with van der Waals surface area (Å²) in [7, 11) is 1.77. The Labute approximate surface area is 123 Å². The number of aldehydes is 1. The van der Waals surface area contributed by atoms with Gasteiger partial charge in [-0.1, -0.05) is 13.8 Å². The van der Waals surface area contributed by atoms with Gasteiger partial charge in [-0.2, -0.15) is 0 Å². The molecule has 2 N–H and O–H groups in total. The van der Waals surface area contributed by atoms with Crippen LogP contribution >= 0.6 is 0 Å². The summed E-state index contributed by atoms with van der Waals surface area (Å²) in [5.74, 6) is -0.270. The van der Waals surface area contributed by atoms with Gasteiger partial charge < -0.3 is 29.0 Å². The molecular weight excluding hydrogens is 280 g/mol. The molecule has 21 heavy (non-hydrogen) atoms. The number of carbonyl (C=O) groups excluding carboxylic acids is 2. The zero-order chi connectivity index (χ0) is 16.7. The van der Waals surface area contributed by atoms with Crippen LogP contribution in [-0.4, -0.2) is 32.5 Å². The quantitative estimate of drug-likeness (QED) is 0.621. The lowest BCUT2D eigenvalue weighted by atomic mass is 10.4. The van der Waals surface area contributed by atoms with Crippen molar-refractivity contribution >= 4 is 12.4 Å². The van der Waals surface area contributed by atoms with E-state index in [0.29, 0.717) is 18.8 Å². The van der Waals surface area contributed by atoms with Crippen LogP contribution in [0.3, 0.4) is 0 Å². The van der Waals surface area contributed by atoms with Gasteiger partial charge in [-0.3, -0.25) is 0 Å². The van der Waals surface area contributed by atoms with E-state index in [1.54, 1.807) is 14.0 Å². The lowest BCUT2D eigenvalue weighted by molar-refractivity contribution is -0.106. The molecule has 0 fully saturated rings. The third-order valence-electron chi connectivity index (χ3n) is 1.81. The lowest BCUT2D eigenvalue weighted by Gasteiger charge is -2.04. The van der Waals surface area contributed by atoms with Crippen molar-refractivity contribution in [3.05, 3.63) is 22.1 Å². The molecule has 0 aliphatic rings. The average molecular weight is 304 g/mol. The fourth-order valence-electron chi connectivity index (χ4n) is 0.978. The summed E-state index contributed by atoms with van der Waals surface area (Å²) in [6, 6.07) is 0.